The summed E-state index contributed by atoms with van der Waals surface area (Å²) in [6.45, 7) is 8.47. The van der Waals surface area contributed by atoms with Gasteiger partial charge in [-0.2, -0.15) is 0 Å². The average Bonchev–Trinajstić information content (AvgIpc) is 2.48. The van der Waals surface area contributed by atoms with Gasteiger partial charge in [-0.3, -0.25) is 4.90 Å². The molecule has 21 heavy (non-hydrogen) atoms. The minimum absolute atomic E-state index is 0.107. The Labute approximate surface area is 125 Å². The Bertz CT molecular complexity index is 416. The lowest BCUT2D eigenvalue weighted by Crippen LogP contribution is -2.31. The summed E-state index contributed by atoms with van der Waals surface area (Å²) in [5.74, 6) is -1.000. The van der Waals surface area contributed by atoms with Crippen LogP contribution in [0.5, 0.6) is 0 Å². The molecule has 6 nitrogen and oxygen atoms in total. The van der Waals surface area contributed by atoms with Gasteiger partial charge in [0.1, 0.15) is 0 Å². The average molecular weight is 296 g/mol. The van der Waals surface area contributed by atoms with Crippen LogP contribution in [0.25, 0.3) is 0 Å². The van der Waals surface area contributed by atoms with E-state index >= 15 is 0 Å². The van der Waals surface area contributed by atoms with Crippen LogP contribution < -0.4 is 0 Å². The van der Waals surface area contributed by atoms with Crippen molar-refractivity contribution in [3.63, 3.8) is 0 Å². The number of hydrogen-bond acceptors (Lipinski definition) is 5. The molecule has 0 aliphatic carbocycles. The minimum atomic E-state index is -1.000. The first kappa shape index (κ1) is 17.6. The first-order valence-corrected chi connectivity index (χ1v) is 7.24. The van der Waals surface area contributed by atoms with Crippen LogP contribution in [0.2, 0.25) is 0 Å². The standard InChI is InChI=1S/C15H24N2O4/c1-3-20-10-8-17(9-11-21-4-2)12-13-6-5-7-16-14(13)15(18)19/h5-7H,3-4,8-12H2,1-2H3,(H,18,19). The summed E-state index contributed by atoms with van der Waals surface area (Å²) < 4.78 is 10.7. The predicted octanol–water partition coefficient (Wildman–Crippen LogP) is 1.65. The zero-order valence-corrected chi connectivity index (χ0v) is 12.7. The first-order chi connectivity index (χ1) is 10.2. The van der Waals surface area contributed by atoms with Gasteiger partial charge in [-0.15, -0.1) is 0 Å². The second-order valence-corrected chi connectivity index (χ2v) is 4.49. The summed E-state index contributed by atoms with van der Waals surface area (Å²) in [5.41, 5.74) is 0.813. The fraction of sp³-hybridized carbons (Fsp3) is 0.600. The molecule has 1 rings (SSSR count). The lowest BCUT2D eigenvalue weighted by atomic mass is 10.2. The predicted molar refractivity (Wildman–Crippen MR) is 79.5 cm³/mol. The molecule has 118 valence electrons. The fourth-order valence-corrected chi connectivity index (χ4v) is 1.95. The number of aromatic nitrogens is 1. The van der Waals surface area contributed by atoms with Gasteiger partial charge in [0.25, 0.3) is 0 Å². The zero-order valence-electron chi connectivity index (χ0n) is 12.7. The molecular weight excluding hydrogens is 272 g/mol. The summed E-state index contributed by atoms with van der Waals surface area (Å²) in [4.78, 5) is 17.2. The number of carboxylic acids is 1. The van der Waals surface area contributed by atoms with Gasteiger partial charge in [-0.1, -0.05) is 6.07 Å². The second kappa shape index (κ2) is 10.3. The van der Waals surface area contributed by atoms with E-state index in [1.54, 1.807) is 12.1 Å². The number of pyridine rings is 1. The summed E-state index contributed by atoms with van der Waals surface area (Å²) in [6, 6.07) is 3.55. The number of aromatic carboxylic acids is 1. The minimum Gasteiger partial charge on any atom is -0.477 e. The van der Waals surface area contributed by atoms with E-state index in [9.17, 15) is 9.90 Å². The third-order valence-corrected chi connectivity index (χ3v) is 3.00. The van der Waals surface area contributed by atoms with E-state index in [0.29, 0.717) is 38.5 Å². The van der Waals surface area contributed by atoms with Gasteiger partial charge in [-0.25, -0.2) is 9.78 Å². The molecule has 0 saturated heterocycles. The van der Waals surface area contributed by atoms with Gasteiger partial charge in [0.05, 0.1) is 13.2 Å². The number of nitrogens with zero attached hydrogens (tertiary/aromatic N) is 2. The summed E-state index contributed by atoms with van der Waals surface area (Å²) in [5, 5.41) is 9.18. The molecule has 0 radical (unpaired) electrons. The number of ether oxygens (including phenoxy) is 2. The molecule has 0 bridgehead atoms. The van der Waals surface area contributed by atoms with Crippen molar-refractivity contribution in [2.45, 2.75) is 20.4 Å². The number of hydrogen-bond donors (Lipinski definition) is 1. The van der Waals surface area contributed by atoms with Crippen molar-refractivity contribution >= 4 is 5.97 Å². The van der Waals surface area contributed by atoms with Gasteiger partial charge in [0, 0.05) is 39.0 Å². The Kier molecular flexibility index (Phi) is 8.57. The summed E-state index contributed by atoms with van der Waals surface area (Å²) >= 11 is 0. The maximum Gasteiger partial charge on any atom is 0.354 e. The van der Waals surface area contributed by atoms with Crippen molar-refractivity contribution in [3.05, 3.63) is 29.6 Å². The Morgan fingerprint density at radius 3 is 2.38 bits per heavy atom. The topological polar surface area (TPSA) is 71.9 Å². The summed E-state index contributed by atoms with van der Waals surface area (Å²) in [6.07, 6.45) is 1.50. The Hall–Kier alpha value is -1.50. The largest absolute Gasteiger partial charge is 0.477 e. The molecule has 1 aromatic rings. The molecule has 0 atom stereocenters. The third-order valence-electron chi connectivity index (χ3n) is 3.00. The monoisotopic (exact) mass is 296 g/mol. The Balaban J connectivity index is 2.67. The van der Waals surface area contributed by atoms with Crippen LogP contribution in [-0.4, -0.2) is 60.5 Å². The highest BCUT2D eigenvalue weighted by Crippen LogP contribution is 2.09. The third kappa shape index (κ3) is 6.66. The van der Waals surface area contributed by atoms with E-state index in [1.165, 1.54) is 6.20 Å². The van der Waals surface area contributed by atoms with Gasteiger partial charge in [-0.05, 0) is 25.5 Å². The molecule has 0 aliphatic rings. The molecule has 0 aliphatic heterocycles. The van der Waals surface area contributed by atoms with Crippen molar-refractivity contribution < 1.29 is 19.4 Å². The maximum atomic E-state index is 11.2. The highest BCUT2D eigenvalue weighted by atomic mass is 16.5. The van der Waals surface area contributed by atoms with Crippen LogP contribution in [0.1, 0.15) is 29.9 Å². The molecule has 1 aromatic heterocycles. The fourth-order valence-electron chi connectivity index (χ4n) is 1.95. The van der Waals surface area contributed by atoms with Crippen molar-refractivity contribution in [1.29, 1.82) is 0 Å². The van der Waals surface area contributed by atoms with Gasteiger partial charge >= 0.3 is 5.97 Å². The number of rotatable bonds is 11. The van der Waals surface area contributed by atoms with E-state index < -0.39 is 5.97 Å². The van der Waals surface area contributed by atoms with E-state index in [0.717, 1.165) is 13.1 Å². The molecule has 6 heteroatoms. The lowest BCUT2D eigenvalue weighted by Gasteiger charge is -2.22. The van der Waals surface area contributed by atoms with E-state index in [-0.39, 0.29) is 5.69 Å². The van der Waals surface area contributed by atoms with Crippen LogP contribution in [0, 0.1) is 0 Å². The first-order valence-electron chi connectivity index (χ1n) is 7.24. The Morgan fingerprint density at radius 1 is 1.24 bits per heavy atom. The SMILES string of the molecule is CCOCCN(CCOCC)Cc1cccnc1C(=O)O. The van der Waals surface area contributed by atoms with E-state index in [2.05, 4.69) is 9.88 Å². The Morgan fingerprint density at radius 2 is 1.86 bits per heavy atom. The molecule has 1 heterocycles. The summed E-state index contributed by atoms with van der Waals surface area (Å²) in [7, 11) is 0. The van der Waals surface area contributed by atoms with Crippen LogP contribution in [0.15, 0.2) is 18.3 Å². The molecule has 0 fully saturated rings. The van der Waals surface area contributed by atoms with Gasteiger partial charge < -0.3 is 14.6 Å². The van der Waals surface area contributed by atoms with Crippen molar-refractivity contribution in [2.75, 3.05) is 39.5 Å². The molecule has 0 spiro atoms. The maximum absolute atomic E-state index is 11.2. The molecule has 0 aromatic carbocycles. The van der Waals surface area contributed by atoms with Crippen LogP contribution in [0.3, 0.4) is 0 Å². The highest BCUT2D eigenvalue weighted by Gasteiger charge is 2.14. The molecule has 1 N–H and O–H groups in total. The van der Waals surface area contributed by atoms with Crippen LogP contribution in [-0.2, 0) is 16.0 Å². The van der Waals surface area contributed by atoms with Crippen LogP contribution in [0.4, 0.5) is 0 Å². The number of carbonyl (C=O) groups is 1. The normalized spacial score (nSPS) is 11.0. The molecular formula is C15H24N2O4. The molecule has 0 unspecified atom stereocenters. The second-order valence-electron chi connectivity index (χ2n) is 4.49. The smallest absolute Gasteiger partial charge is 0.354 e. The van der Waals surface area contributed by atoms with Crippen molar-refractivity contribution in [1.82, 2.24) is 9.88 Å². The van der Waals surface area contributed by atoms with E-state index in [4.69, 9.17) is 9.47 Å². The lowest BCUT2D eigenvalue weighted by molar-refractivity contribution is 0.0682. The molecule has 0 amide bonds. The van der Waals surface area contributed by atoms with Gasteiger partial charge in [0.15, 0.2) is 5.69 Å². The highest BCUT2D eigenvalue weighted by molar-refractivity contribution is 5.86. The van der Waals surface area contributed by atoms with Crippen molar-refractivity contribution in [3.8, 4) is 0 Å². The van der Waals surface area contributed by atoms with Gasteiger partial charge in [0.2, 0.25) is 0 Å². The number of carboxylic acid groups (broad SMARTS) is 1. The quantitative estimate of drug-likeness (QED) is 0.626. The van der Waals surface area contributed by atoms with Crippen molar-refractivity contribution in [2.24, 2.45) is 0 Å². The molecule has 0 saturated carbocycles. The van der Waals surface area contributed by atoms with E-state index in [1.807, 2.05) is 13.8 Å². The zero-order chi connectivity index (χ0) is 15.5. The van der Waals surface area contributed by atoms with Crippen LogP contribution >= 0.6 is 0 Å².